The summed E-state index contributed by atoms with van der Waals surface area (Å²) in [5.41, 5.74) is 1.24. The molecule has 2 heterocycles. The highest BCUT2D eigenvalue weighted by Crippen LogP contribution is 2.51. The molecule has 1 saturated carbocycles. The van der Waals surface area contributed by atoms with Crippen LogP contribution in [0.15, 0.2) is 23.8 Å². The molecule has 37 heavy (non-hydrogen) atoms. The first-order chi connectivity index (χ1) is 18.0. The first-order valence-corrected chi connectivity index (χ1v) is 13.0. The maximum atomic E-state index is 13.7. The Hall–Kier alpha value is -2.95. The average molecular weight is 515 g/mol. The van der Waals surface area contributed by atoms with E-state index in [2.05, 4.69) is 5.32 Å². The highest BCUT2D eigenvalue weighted by molar-refractivity contribution is 5.96. The van der Waals surface area contributed by atoms with Crippen molar-refractivity contribution in [2.45, 2.75) is 74.8 Å². The Labute approximate surface area is 215 Å². The van der Waals surface area contributed by atoms with Crippen LogP contribution >= 0.6 is 0 Å². The fourth-order valence-electron chi connectivity index (χ4n) is 6.22. The maximum absolute atomic E-state index is 13.7. The van der Waals surface area contributed by atoms with Gasteiger partial charge in [-0.3, -0.25) is 14.4 Å². The number of benzene rings is 1. The average Bonchev–Trinajstić information content (AvgIpc) is 3.69. The van der Waals surface area contributed by atoms with Crippen molar-refractivity contribution in [1.82, 2.24) is 10.2 Å². The lowest BCUT2D eigenvalue weighted by atomic mass is 9.76. The Bertz CT molecular complexity index is 1080. The van der Waals surface area contributed by atoms with Crippen LogP contribution in [0.25, 0.3) is 0 Å². The highest BCUT2D eigenvalue weighted by atomic mass is 16.5. The molecule has 0 radical (unpaired) electrons. The van der Waals surface area contributed by atoms with Crippen molar-refractivity contribution in [3.05, 3.63) is 34.9 Å². The number of hydrogen-bond acceptors (Lipinski definition) is 8. The lowest BCUT2D eigenvalue weighted by Crippen LogP contribution is -2.59. The molecule has 5 rings (SSSR count). The van der Waals surface area contributed by atoms with Gasteiger partial charge in [0.05, 0.1) is 25.7 Å². The van der Waals surface area contributed by atoms with Gasteiger partial charge in [-0.15, -0.1) is 0 Å². The van der Waals surface area contributed by atoms with E-state index >= 15 is 0 Å². The van der Waals surface area contributed by atoms with Crippen LogP contribution in [0.1, 0.15) is 60.4 Å². The molecule has 0 bridgehead atoms. The van der Waals surface area contributed by atoms with Gasteiger partial charge in [-0.25, -0.2) is 0 Å². The highest BCUT2D eigenvalue weighted by Gasteiger charge is 2.53. The van der Waals surface area contributed by atoms with Gasteiger partial charge in [-0.1, -0.05) is 12.8 Å². The summed E-state index contributed by atoms with van der Waals surface area (Å²) in [5, 5.41) is 23.7. The summed E-state index contributed by atoms with van der Waals surface area (Å²) in [6.45, 7) is 0.337. The second kappa shape index (κ2) is 10.8. The van der Waals surface area contributed by atoms with Crippen molar-refractivity contribution in [2.24, 2.45) is 0 Å². The number of nitrogens with zero attached hydrogens (tertiary/aromatic N) is 1. The van der Waals surface area contributed by atoms with E-state index in [1.54, 1.807) is 23.1 Å². The molecule has 200 valence electrons. The number of carbonyl (C=O) groups is 3. The SMILES string of the molecule is COc1cc(C=O)cc2c1O[C@@H]1[C@@H](O)[C@H](N(C(=O)C3CCCO3)C3CCCC3)C=C(C(=O)NCCO)[C@H]21. The number of carbonyl (C=O) groups excluding carboxylic acids is 3. The van der Waals surface area contributed by atoms with Crippen molar-refractivity contribution in [3.63, 3.8) is 0 Å². The zero-order valence-corrected chi connectivity index (χ0v) is 20.9. The van der Waals surface area contributed by atoms with Crippen molar-refractivity contribution in [3.8, 4) is 11.5 Å². The van der Waals surface area contributed by atoms with Gasteiger partial charge in [-0.2, -0.15) is 0 Å². The van der Waals surface area contributed by atoms with Gasteiger partial charge in [0.25, 0.3) is 5.91 Å². The third-order valence-corrected chi connectivity index (χ3v) is 7.91. The van der Waals surface area contributed by atoms with Crippen LogP contribution in [0.5, 0.6) is 11.5 Å². The molecule has 2 aliphatic carbocycles. The van der Waals surface area contributed by atoms with Crippen molar-refractivity contribution in [1.29, 1.82) is 0 Å². The zero-order valence-electron chi connectivity index (χ0n) is 20.9. The number of aldehydes is 1. The van der Waals surface area contributed by atoms with E-state index in [-0.39, 0.29) is 25.1 Å². The Balaban J connectivity index is 1.59. The fourth-order valence-corrected chi connectivity index (χ4v) is 6.22. The Kier molecular flexibility index (Phi) is 7.50. The summed E-state index contributed by atoms with van der Waals surface area (Å²) >= 11 is 0. The van der Waals surface area contributed by atoms with Gasteiger partial charge in [0.2, 0.25) is 5.91 Å². The van der Waals surface area contributed by atoms with E-state index in [1.165, 1.54) is 7.11 Å². The van der Waals surface area contributed by atoms with Crippen LogP contribution < -0.4 is 14.8 Å². The van der Waals surface area contributed by atoms with E-state index in [0.29, 0.717) is 47.5 Å². The van der Waals surface area contributed by atoms with Crippen LogP contribution in [-0.4, -0.2) is 90.5 Å². The third kappa shape index (κ3) is 4.62. The number of amides is 2. The molecule has 2 amide bonds. The maximum Gasteiger partial charge on any atom is 0.252 e. The lowest BCUT2D eigenvalue weighted by molar-refractivity contribution is -0.150. The summed E-state index contributed by atoms with van der Waals surface area (Å²) in [4.78, 5) is 40.5. The van der Waals surface area contributed by atoms with Crippen molar-refractivity contribution in [2.75, 3.05) is 26.9 Å². The molecule has 0 aromatic heterocycles. The first-order valence-electron chi connectivity index (χ1n) is 13.0. The topological polar surface area (TPSA) is 135 Å². The minimum atomic E-state index is -1.14. The van der Waals surface area contributed by atoms with Gasteiger partial charge in [-0.05, 0) is 43.9 Å². The second-order valence-electron chi connectivity index (χ2n) is 10.1. The van der Waals surface area contributed by atoms with Gasteiger partial charge in [0, 0.05) is 35.9 Å². The number of aliphatic hydroxyl groups is 2. The van der Waals surface area contributed by atoms with Gasteiger partial charge in [0.1, 0.15) is 24.6 Å². The Morgan fingerprint density at radius 2 is 2.00 bits per heavy atom. The molecule has 4 aliphatic rings. The molecule has 1 saturated heterocycles. The largest absolute Gasteiger partial charge is 0.493 e. The van der Waals surface area contributed by atoms with Crippen molar-refractivity contribution >= 4 is 18.1 Å². The van der Waals surface area contributed by atoms with Crippen LogP contribution in [0.2, 0.25) is 0 Å². The molecule has 5 atom stereocenters. The van der Waals surface area contributed by atoms with E-state index in [0.717, 1.165) is 32.1 Å². The summed E-state index contributed by atoms with van der Waals surface area (Å²) in [7, 11) is 1.46. The lowest BCUT2D eigenvalue weighted by Gasteiger charge is -2.44. The monoisotopic (exact) mass is 514 g/mol. The number of aliphatic hydroxyl groups excluding tert-OH is 2. The molecular weight excluding hydrogens is 480 g/mol. The molecular formula is C27H34N2O8. The molecule has 2 aliphatic heterocycles. The standard InChI is InChI=1S/C27H34N2O8/c1-35-21-12-15(14-31)11-17-22-18(26(33)28-8-9-30)13-19(23(32)25(22)37-24(17)21)29(16-5-2-3-6-16)27(34)20-7-4-10-36-20/h11-14,16,19-20,22-23,25,30,32H,2-10H2,1H3,(H,28,33)/t19-,20?,22+,23+,25+/m1/s1. The van der Waals surface area contributed by atoms with E-state index in [1.807, 2.05) is 0 Å². The normalized spacial score (nSPS) is 28.6. The van der Waals surface area contributed by atoms with Crippen LogP contribution in [-0.2, 0) is 14.3 Å². The molecule has 1 aromatic carbocycles. The number of rotatable bonds is 8. The van der Waals surface area contributed by atoms with E-state index < -0.39 is 36.2 Å². The predicted octanol–water partition coefficient (Wildman–Crippen LogP) is 1.08. The van der Waals surface area contributed by atoms with E-state index in [9.17, 15) is 24.6 Å². The molecule has 10 nitrogen and oxygen atoms in total. The van der Waals surface area contributed by atoms with Crippen LogP contribution in [0.4, 0.5) is 0 Å². The minimum absolute atomic E-state index is 0.0490. The number of methoxy groups -OCH3 is 1. The number of hydrogen-bond donors (Lipinski definition) is 3. The van der Waals surface area contributed by atoms with Crippen molar-refractivity contribution < 1.29 is 38.8 Å². The number of nitrogens with one attached hydrogen (secondary N) is 1. The Morgan fingerprint density at radius 3 is 2.65 bits per heavy atom. The fraction of sp³-hybridized carbons (Fsp3) is 0.593. The molecule has 1 unspecified atom stereocenters. The molecule has 1 aromatic rings. The zero-order chi connectivity index (χ0) is 26.1. The van der Waals surface area contributed by atoms with E-state index in [4.69, 9.17) is 14.2 Å². The predicted molar refractivity (Wildman–Crippen MR) is 132 cm³/mol. The van der Waals surface area contributed by atoms with Crippen LogP contribution in [0.3, 0.4) is 0 Å². The van der Waals surface area contributed by atoms with Gasteiger partial charge >= 0.3 is 0 Å². The summed E-state index contributed by atoms with van der Waals surface area (Å²) in [5.74, 6) is -0.590. The second-order valence-corrected chi connectivity index (χ2v) is 10.1. The van der Waals surface area contributed by atoms with Crippen LogP contribution in [0, 0.1) is 0 Å². The minimum Gasteiger partial charge on any atom is -0.493 e. The molecule has 0 spiro atoms. The third-order valence-electron chi connectivity index (χ3n) is 7.91. The summed E-state index contributed by atoms with van der Waals surface area (Å²) < 4.78 is 17.4. The molecule has 10 heteroatoms. The summed E-state index contributed by atoms with van der Waals surface area (Å²) in [6.07, 6.45) is 4.79. The Morgan fingerprint density at radius 1 is 1.22 bits per heavy atom. The summed E-state index contributed by atoms with van der Waals surface area (Å²) in [6, 6.07) is 2.31. The first kappa shape index (κ1) is 25.7. The van der Waals surface area contributed by atoms with Gasteiger partial charge in [0.15, 0.2) is 11.5 Å². The molecule has 2 fully saturated rings. The number of fused-ring (bicyclic) bond motifs is 3. The smallest absolute Gasteiger partial charge is 0.252 e. The number of ether oxygens (including phenoxy) is 3. The quantitative estimate of drug-likeness (QED) is 0.439. The van der Waals surface area contributed by atoms with Gasteiger partial charge < -0.3 is 34.6 Å². The molecule has 3 N–H and O–H groups in total.